The van der Waals surface area contributed by atoms with Crippen molar-refractivity contribution in [2.24, 2.45) is 0 Å². The standard InChI is InChI=1S/C33H35NO7/c1-7-41-26-17-14-23(18-25(26)33(2,3)4)29(35)27-28(21-12-15-24(39-5)16-13-21)34(31(37)30(27)36)19-20-8-10-22(11-9-20)32(38)40-6/h8-18,28,35H,7,19H2,1-6H3/b29-27-. The van der Waals surface area contributed by atoms with Gasteiger partial charge in [-0.3, -0.25) is 9.59 Å². The number of aliphatic hydroxyl groups excluding tert-OH is 1. The lowest BCUT2D eigenvalue weighted by atomic mass is 9.84. The van der Waals surface area contributed by atoms with Crippen LogP contribution in [0.25, 0.3) is 5.76 Å². The first kappa shape index (κ1) is 29.4. The number of carbonyl (C=O) groups excluding carboxylic acids is 3. The Bertz CT molecular complexity index is 1480. The summed E-state index contributed by atoms with van der Waals surface area (Å²) in [5.74, 6) is -0.932. The molecule has 4 rings (SSSR count). The number of methoxy groups -OCH3 is 2. The molecule has 8 nitrogen and oxygen atoms in total. The number of ether oxygens (including phenoxy) is 3. The van der Waals surface area contributed by atoms with Gasteiger partial charge in [0, 0.05) is 17.7 Å². The lowest BCUT2D eigenvalue weighted by molar-refractivity contribution is -0.140. The molecule has 1 aliphatic rings. The van der Waals surface area contributed by atoms with Crippen LogP contribution in [0.2, 0.25) is 0 Å². The molecule has 0 aromatic heterocycles. The molecule has 3 aromatic carbocycles. The summed E-state index contributed by atoms with van der Waals surface area (Å²) < 4.78 is 15.9. The Morgan fingerprint density at radius 1 is 0.927 bits per heavy atom. The monoisotopic (exact) mass is 557 g/mol. The quantitative estimate of drug-likeness (QED) is 0.162. The Morgan fingerprint density at radius 2 is 1.56 bits per heavy atom. The van der Waals surface area contributed by atoms with E-state index in [0.717, 1.165) is 5.56 Å². The fraction of sp³-hybridized carbons (Fsp3) is 0.303. The van der Waals surface area contributed by atoms with Gasteiger partial charge in [-0.15, -0.1) is 0 Å². The van der Waals surface area contributed by atoms with Crippen LogP contribution >= 0.6 is 0 Å². The number of hydrogen-bond donors (Lipinski definition) is 1. The molecule has 214 valence electrons. The van der Waals surface area contributed by atoms with E-state index in [1.807, 2.05) is 33.8 Å². The third-order valence-corrected chi connectivity index (χ3v) is 7.06. The summed E-state index contributed by atoms with van der Waals surface area (Å²) in [6.07, 6.45) is 0. The number of Topliss-reactive ketones (excluding diaryl/α,β-unsaturated/α-hetero) is 1. The van der Waals surface area contributed by atoms with Gasteiger partial charge in [-0.05, 0) is 65.9 Å². The van der Waals surface area contributed by atoms with Crippen LogP contribution in [0.1, 0.15) is 66.3 Å². The minimum atomic E-state index is -0.856. The average molecular weight is 558 g/mol. The molecule has 0 saturated carbocycles. The molecule has 1 amide bonds. The van der Waals surface area contributed by atoms with E-state index in [1.165, 1.54) is 12.0 Å². The van der Waals surface area contributed by atoms with Crippen LogP contribution in [-0.2, 0) is 26.3 Å². The lowest BCUT2D eigenvalue weighted by Crippen LogP contribution is -2.29. The van der Waals surface area contributed by atoms with Crippen LogP contribution < -0.4 is 9.47 Å². The minimum Gasteiger partial charge on any atom is -0.507 e. The molecule has 1 atom stereocenters. The molecule has 3 aromatic rings. The van der Waals surface area contributed by atoms with Gasteiger partial charge < -0.3 is 24.2 Å². The number of aliphatic hydroxyl groups is 1. The smallest absolute Gasteiger partial charge is 0.337 e. The van der Waals surface area contributed by atoms with E-state index >= 15 is 0 Å². The normalized spacial score (nSPS) is 16.5. The molecule has 41 heavy (non-hydrogen) atoms. The number of carbonyl (C=O) groups is 3. The van der Waals surface area contributed by atoms with Crippen LogP contribution in [0.15, 0.2) is 72.3 Å². The van der Waals surface area contributed by atoms with E-state index in [0.29, 0.717) is 40.4 Å². The molecule has 0 bridgehead atoms. The third-order valence-electron chi connectivity index (χ3n) is 7.06. The highest BCUT2D eigenvalue weighted by Gasteiger charge is 2.46. The van der Waals surface area contributed by atoms with Crippen molar-refractivity contribution in [1.82, 2.24) is 4.90 Å². The van der Waals surface area contributed by atoms with Crippen LogP contribution in [0.4, 0.5) is 0 Å². The molecular formula is C33H35NO7. The SMILES string of the molecule is CCOc1ccc(/C(O)=C2/C(=O)C(=O)N(Cc3ccc(C(=O)OC)cc3)C2c2ccc(OC)cc2)cc1C(C)(C)C. The molecule has 1 fully saturated rings. The van der Waals surface area contributed by atoms with Crippen molar-refractivity contribution in [3.63, 3.8) is 0 Å². The summed E-state index contributed by atoms with van der Waals surface area (Å²) in [6, 6.07) is 18.1. The number of hydrogen-bond acceptors (Lipinski definition) is 7. The summed E-state index contributed by atoms with van der Waals surface area (Å²) in [5, 5.41) is 11.6. The van der Waals surface area contributed by atoms with Gasteiger partial charge in [-0.25, -0.2) is 4.79 Å². The summed E-state index contributed by atoms with van der Waals surface area (Å²) in [4.78, 5) is 40.3. The van der Waals surface area contributed by atoms with Gasteiger partial charge in [-0.1, -0.05) is 45.0 Å². The van der Waals surface area contributed by atoms with Crippen molar-refractivity contribution < 1.29 is 33.7 Å². The Hall–Kier alpha value is -4.59. The highest BCUT2D eigenvalue weighted by Crippen LogP contribution is 2.42. The largest absolute Gasteiger partial charge is 0.507 e. The van der Waals surface area contributed by atoms with E-state index in [9.17, 15) is 19.5 Å². The number of ketones is 1. The topological polar surface area (TPSA) is 102 Å². The molecule has 0 aliphatic carbocycles. The first-order valence-corrected chi connectivity index (χ1v) is 13.4. The van der Waals surface area contributed by atoms with Crippen LogP contribution in [0, 0.1) is 0 Å². The average Bonchev–Trinajstić information content (AvgIpc) is 3.21. The minimum absolute atomic E-state index is 0.00429. The molecule has 1 aliphatic heterocycles. The van der Waals surface area contributed by atoms with Crippen LogP contribution in [0.3, 0.4) is 0 Å². The Balaban J connectivity index is 1.84. The first-order valence-electron chi connectivity index (χ1n) is 13.4. The molecule has 1 heterocycles. The van der Waals surface area contributed by atoms with Crippen molar-refractivity contribution in [1.29, 1.82) is 0 Å². The van der Waals surface area contributed by atoms with E-state index in [1.54, 1.807) is 67.8 Å². The Kier molecular flexibility index (Phi) is 8.52. The predicted octanol–water partition coefficient (Wildman–Crippen LogP) is 5.80. The lowest BCUT2D eigenvalue weighted by Gasteiger charge is -2.26. The van der Waals surface area contributed by atoms with Crippen molar-refractivity contribution in [3.8, 4) is 11.5 Å². The molecule has 1 saturated heterocycles. The van der Waals surface area contributed by atoms with E-state index in [4.69, 9.17) is 14.2 Å². The number of rotatable bonds is 8. The second kappa shape index (κ2) is 11.9. The number of nitrogens with zero attached hydrogens (tertiary/aromatic N) is 1. The Labute approximate surface area is 240 Å². The fourth-order valence-corrected chi connectivity index (χ4v) is 4.94. The van der Waals surface area contributed by atoms with Gasteiger partial charge in [0.1, 0.15) is 17.3 Å². The van der Waals surface area contributed by atoms with Crippen molar-refractivity contribution in [2.75, 3.05) is 20.8 Å². The molecule has 1 unspecified atom stereocenters. The van der Waals surface area contributed by atoms with Gasteiger partial charge in [0.15, 0.2) is 0 Å². The predicted molar refractivity (Wildman–Crippen MR) is 155 cm³/mol. The molecule has 0 spiro atoms. The van der Waals surface area contributed by atoms with E-state index in [2.05, 4.69) is 0 Å². The van der Waals surface area contributed by atoms with Crippen molar-refractivity contribution >= 4 is 23.4 Å². The van der Waals surface area contributed by atoms with Crippen molar-refractivity contribution in [3.05, 3.63) is 100 Å². The maximum atomic E-state index is 13.5. The maximum Gasteiger partial charge on any atom is 0.337 e. The second-order valence-corrected chi connectivity index (χ2v) is 10.8. The van der Waals surface area contributed by atoms with Gasteiger partial charge >= 0.3 is 5.97 Å². The number of amides is 1. The summed E-state index contributed by atoms with van der Waals surface area (Å²) in [7, 11) is 2.86. The van der Waals surface area contributed by atoms with Gasteiger partial charge in [0.25, 0.3) is 11.7 Å². The molecule has 0 radical (unpaired) electrons. The fourth-order valence-electron chi connectivity index (χ4n) is 4.94. The van der Waals surface area contributed by atoms with E-state index in [-0.39, 0.29) is 23.3 Å². The zero-order valence-electron chi connectivity index (χ0n) is 24.2. The highest BCUT2D eigenvalue weighted by atomic mass is 16.5. The van der Waals surface area contributed by atoms with Crippen LogP contribution in [-0.4, -0.2) is 48.5 Å². The zero-order chi connectivity index (χ0) is 29.9. The molecule has 8 heteroatoms. The van der Waals surface area contributed by atoms with Gasteiger partial charge in [-0.2, -0.15) is 0 Å². The van der Waals surface area contributed by atoms with E-state index < -0.39 is 23.7 Å². The molecule has 1 N–H and O–H groups in total. The van der Waals surface area contributed by atoms with Gasteiger partial charge in [0.05, 0.1) is 38.0 Å². The second-order valence-electron chi connectivity index (χ2n) is 10.8. The van der Waals surface area contributed by atoms with Crippen LogP contribution in [0.5, 0.6) is 11.5 Å². The first-order chi connectivity index (χ1) is 19.5. The third kappa shape index (κ3) is 5.96. The van der Waals surface area contributed by atoms with Crippen molar-refractivity contribution in [2.45, 2.75) is 45.7 Å². The summed E-state index contributed by atoms with van der Waals surface area (Å²) in [5.41, 5.74) is 2.68. The zero-order valence-corrected chi connectivity index (χ0v) is 24.2. The highest BCUT2D eigenvalue weighted by molar-refractivity contribution is 6.46. The van der Waals surface area contributed by atoms with Gasteiger partial charge in [0.2, 0.25) is 0 Å². The number of esters is 1. The maximum absolute atomic E-state index is 13.5. The Morgan fingerprint density at radius 3 is 2.12 bits per heavy atom. The summed E-state index contributed by atoms with van der Waals surface area (Å²) in [6.45, 7) is 8.58. The summed E-state index contributed by atoms with van der Waals surface area (Å²) >= 11 is 0. The number of likely N-dealkylation sites (tertiary alicyclic amines) is 1. The number of benzene rings is 3. The molecular weight excluding hydrogens is 522 g/mol.